The van der Waals surface area contributed by atoms with Crippen LogP contribution in [0.4, 0.5) is 0 Å². The predicted octanol–water partition coefficient (Wildman–Crippen LogP) is 3.02. The van der Waals surface area contributed by atoms with E-state index in [-0.39, 0.29) is 25.4 Å². The fourth-order valence-electron chi connectivity index (χ4n) is 1.83. The molecule has 0 aliphatic rings. The molecule has 0 spiro atoms. The van der Waals surface area contributed by atoms with E-state index in [4.69, 9.17) is 9.47 Å². The highest BCUT2D eigenvalue weighted by molar-refractivity contribution is 5.96. The zero-order chi connectivity index (χ0) is 15.1. The number of benzene rings is 1. The van der Waals surface area contributed by atoms with E-state index in [1.54, 1.807) is 6.92 Å². The Bertz CT molecular complexity index is 477. The summed E-state index contributed by atoms with van der Waals surface area (Å²) in [7, 11) is 0. The first-order valence-corrected chi connectivity index (χ1v) is 6.84. The van der Waals surface area contributed by atoms with E-state index >= 15 is 0 Å². The number of Topliss-reactive ketones (excluding diaryl/α,β-unsaturated/α-hetero) is 1. The minimum Gasteiger partial charge on any atom is -0.486 e. The largest absolute Gasteiger partial charge is 0.486 e. The van der Waals surface area contributed by atoms with Crippen molar-refractivity contribution in [1.29, 1.82) is 0 Å². The first kappa shape index (κ1) is 16.2. The second kappa shape index (κ2) is 7.68. The first-order chi connectivity index (χ1) is 9.43. The molecule has 0 saturated carbocycles. The standard InChI is InChI=1S/C16H22O4/c1-5-19-16(18)9-13(17)10-20-15-8-12(4)6-7-14(15)11(2)3/h6-8,11H,5,9-10H2,1-4H3. The molecule has 20 heavy (non-hydrogen) atoms. The summed E-state index contributed by atoms with van der Waals surface area (Å²) in [5, 5.41) is 0. The van der Waals surface area contributed by atoms with E-state index in [9.17, 15) is 9.59 Å². The summed E-state index contributed by atoms with van der Waals surface area (Å²) in [6, 6.07) is 5.93. The fourth-order valence-corrected chi connectivity index (χ4v) is 1.83. The summed E-state index contributed by atoms with van der Waals surface area (Å²) in [5.41, 5.74) is 2.13. The molecular formula is C16H22O4. The molecule has 0 aromatic heterocycles. The molecule has 0 saturated heterocycles. The van der Waals surface area contributed by atoms with Crippen LogP contribution in [-0.4, -0.2) is 25.0 Å². The van der Waals surface area contributed by atoms with Crippen molar-refractivity contribution in [2.75, 3.05) is 13.2 Å². The third kappa shape index (κ3) is 5.03. The molecule has 0 atom stereocenters. The van der Waals surface area contributed by atoms with Gasteiger partial charge in [0.1, 0.15) is 18.8 Å². The molecule has 0 aliphatic heterocycles. The molecule has 0 amide bonds. The molecule has 1 aromatic rings. The summed E-state index contributed by atoms with van der Waals surface area (Å²) in [6.45, 7) is 7.98. The van der Waals surface area contributed by atoms with Crippen LogP contribution in [0.1, 0.15) is 44.2 Å². The van der Waals surface area contributed by atoms with E-state index in [2.05, 4.69) is 13.8 Å². The summed E-state index contributed by atoms with van der Waals surface area (Å²) in [6.07, 6.45) is -0.239. The van der Waals surface area contributed by atoms with Crippen molar-refractivity contribution in [3.8, 4) is 5.75 Å². The minimum absolute atomic E-state index is 0.109. The summed E-state index contributed by atoms with van der Waals surface area (Å²) >= 11 is 0. The van der Waals surface area contributed by atoms with Gasteiger partial charge in [-0.3, -0.25) is 9.59 Å². The molecule has 0 radical (unpaired) electrons. The van der Waals surface area contributed by atoms with Crippen LogP contribution >= 0.6 is 0 Å². The van der Waals surface area contributed by atoms with E-state index in [1.165, 1.54) is 0 Å². The molecule has 4 nitrogen and oxygen atoms in total. The molecule has 0 bridgehead atoms. The van der Waals surface area contributed by atoms with Gasteiger partial charge in [-0.1, -0.05) is 26.0 Å². The predicted molar refractivity (Wildman–Crippen MR) is 77.0 cm³/mol. The maximum atomic E-state index is 11.6. The van der Waals surface area contributed by atoms with Gasteiger partial charge in [0, 0.05) is 0 Å². The van der Waals surface area contributed by atoms with Gasteiger partial charge in [-0.2, -0.15) is 0 Å². The van der Waals surface area contributed by atoms with E-state index < -0.39 is 5.97 Å². The molecule has 0 N–H and O–H groups in total. The highest BCUT2D eigenvalue weighted by Gasteiger charge is 2.13. The molecule has 1 aromatic carbocycles. The van der Waals surface area contributed by atoms with Crippen LogP contribution in [0, 0.1) is 6.92 Å². The van der Waals surface area contributed by atoms with Crippen LogP contribution in [0.2, 0.25) is 0 Å². The van der Waals surface area contributed by atoms with E-state index in [0.717, 1.165) is 11.1 Å². The van der Waals surface area contributed by atoms with Crippen molar-refractivity contribution in [3.05, 3.63) is 29.3 Å². The van der Waals surface area contributed by atoms with Crippen LogP contribution < -0.4 is 4.74 Å². The highest BCUT2D eigenvalue weighted by Crippen LogP contribution is 2.27. The lowest BCUT2D eigenvalue weighted by Gasteiger charge is -2.14. The molecule has 0 heterocycles. The van der Waals surface area contributed by atoms with Crippen molar-refractivity contribution in [2.45, 2.75) is 40.0 Å². The van der Waals surface area contributed by atoms with Gasteiger partial charge >= 0.3 is 5.97 Å². The van der Waals surface area contributed by atoms with Crippen molar-refractivity contribution in [1.82, 2.24) is 0 Å². The highest BCUT2D eigenvalue weighted by atomic mass is 16.5. The Labute approximate surface area is 120 Å². The number of esters is 1. The average molecular weight is 278 g/mol. The topological polar surface area (TPSA) is 52.6 Å². The van der Waals surface area contributed by atoms with Gasteiger partial charge in [-0.15, -0.1) is 0 Å². The Hall–Kier alpha value is -1.84. The lowest BCUT2D eigenvalue weighted by Crippen LogP contribution is -2.18. The van der Waals surface area contributed by atoms with Crippen LogP contribution in [0.25, 0.3) is 0 Å². The van der Waals surface area contributed by atoms with Gasteiger partial charge in [0.25, 0.3) is 0 Å². The molecule has 110 valence electrons. The number of hydrogen-bond acceptors (Lipinski definition) is 4. The Balaban J connectivity index is 2.63. The zero-order valence-electron chi connectivity index (χ0n) is 12.6. The monoisotopic (exact) mass is 278 g/mol. The summed E-state index contributed by atoms with van der Waals surface area (Å²) in [5.74, 6) is 0.233. The second-order valence-electron chi connectivity index (χ2n) is 5.01. The number of aryl methyl sites for hydroxylation is 1. The van der Waals surface area contributed by atoms with Gasteiger partial charge < -0.3 is 9.47 Å². The lowest BCUT2D eigenvalue weighted by molar-refractivity contribution is -0.145. The Morgan fingerprint density at radius 2 is 1.95 bits per heavy atom. The molecular weight excluding hydrogens is 256 g/mol. The fraction of sp³-hybridized carbons (Fsp3) is 0.500. The maximum Gasteiger partial charge on any atom is 0.313 e. The quantitative estimate of drug-likeness (QED) is 0.568. The van der Waals surface area contributed by atoms with E-state index in [1.807, 2.05) is 25.1 Å². The van der Waals surface area contributed by atoms with Gasteiger partial charge in [-0.05, 0) is 37.0 Å². The smallest absolute Gasteiger partial charge is 0.313 e. The van der Waals surface area contributed by atoms with Gasteiger partial charge in [-0.25, -0.2) is 0 Å². The lowest BCUT2D eigenvalue weighted by atomic mass is 10.0. The SMILES string of the molecule is CCOC(=O)CC(=O)COc1cc(C)ccc1C(C)C. The van der Waals surface area contributed by atoms with Crippen LogP contribution in [0.3, 0.4) is 0 Å². The molecule has 4 heteroatoms. The Morgan fingerprint density at radius 1 is 1.25 bits per heavy atom. The normalized spacial score (nSPS) is 10.4. The number of carbonyl (C=O) groups is 2. The number of carbonyl (C=O) groups excluding carboxylic acids is 2. The minimum atomic E-state index is -0.505. The molecule has 0 aliphatic carbocycles. The summed E-state index contributed by atoms with van der Waals surface area (Å²) < 4.78 is 10.3. The Kier molecular flexibility index (Phi) is 6.22. The zero-order valence-corrected chi connectivity index (χ0v) is 12.6. The van der Waals surface area contributed by atoms with Crippen LogP contribution in [-0.2, 0) is 14.3 Å². The van der Waals surface area contributed by atoms with Gasteiger partial charge in [0.2, 0.25) is 0 Å². The molecule has 1 rings (SSSR count). The van der Waals surface area contributed by atoms with Gasteiger partial charge in [0.05, 0.1) is 6.61 Å². The number of ketones is 1. The molecule has 0 fully saturated rings. The van der Waals surface area contributed by atoms with Gasteiger partial charge in [0.15, 0.2) is 5.78 Å². The second-order valence-corrected chi connectivity index (χ2v) is 5.01. The van der Waals surface area contributed by atoms with Crippen molar-refractivity contribution in [2.24, 2.45) is 0 Å². The molecule has 0 unspecified atom stereocenters. The van der Waals surface area contributed by atoms with Crippen molar-refractivity contribution < 1.29 is 19.1 Å². The third-order valence-corrected chi connectivity index (χ3v) is 2.83. The maximum absolute atomic E-state index is 11.6. The van der Waals surface area contributed by atoms with Crippen molar-refractivity contribution in [3.63, 3.8) is 0 Å². The first-order valence-electron chi connectivity index (χ1n) is 6.84. The summed E-state index contributed by atoms with van der Waals surface area (Å²) in [4.78, 5) is 22.8. The number of rotatable bonds is 7. The van der Waals surface area contributed by atoms with Crippen LogP contribution in [0.15, 0.2) is 18.2 Å². The van der Waals surface area contributed by atoms with E-state index in [0.29, 0.717) is 11.7 Å². The van der Waals surface area contributed by atoms with Crippen molar-refractivity contribution >= 4 is 11.8 Å². The number of ether oxygens (including phenoxy) is 2. The Morgan fingerprint density at radius 3 is 2.55 bits per heavy atom. The third-order valence-electron chi connectivity index (χ3n) is 2.83. The van der Waals surface area contributed by atoms with Crippen LogP contribution in [0.5, 0.6) is 5.75 Å². The number of hydrogen-bond donors (Lipinski definition) is 0. The average Bonchev–Trinajstić information content (AvgIpc) is 2.36.